The highest BCUT2D eigenvalue weighted by molar-refractivity contribution is 5.93. The Hall–Kier alpha value is -3.26. The van der Waals surface area contributed by atoms with Crippen molar-refractivity contribution in [2.75, 3.05) is 32.1 Å². The van der Waals surface area contributed by atoms with Gasteiger partial charge < -0.3 is 20.3 Å². The van der Waals surface area contributed by atoms with E-state index in [9.17, 15) is 14.4 Å². The number of hydrogen-bond donors (Lipinski definition) is 2. The fourth-order valence-corrected chi connectivity index (χ4v) is 2.58. The number of amides is 3. The maximum atomic E-state index is 12.7. The summed E-state index contributed by atoms with van der Waals surface area (Å²) in [5, 5.41) is 5.35. The molecule has 154 valence electrons. The fraction of sp³-hybridized carbons (Fsp3) is 0.333. The van der Waals surface area contributed by atoms with Crippen molar-refractivity contribution in [2.45, 2.75) is 19.4 Å². The van der Waals surface area contributed by atoms with Crippen LogP contribution in [0.2, 0.25) is 0 Å². The number of hydrogen-bond acceptors (Lipinski definition) is 5. The number of benzene rings is 1. The van der Waals surface area contributed by atoms with Crippen molar-refractivity contribution in [3.8, 4) is 0 Å². The van der Waals surface area contributed by atoms with Crippen LogP contribution >= 0.6 is 0 Å². The lowest BCUT2D eigenvalue weighted by Gasteiger charge is -2.22. The van der Waals surface area contributed by atoms with Crippen molar-refractivity contribution >= 4 is 23.5 Å². The Kier molecular flexibility index (Phi) is 9.31. The van der Waals surface area contributed by atoms with Crippen LogP contribution in [0.1, 0.15) is 18.4 Å². The van der Waals surface area contributed by atoms with E-state index >= 15 is 0 Å². The Morgan fingerprint density at radius 1 is 1.00 bits per heavy atom. The summed E-state index contributed by atoms with van der Waals surface area (Å²) in [5.74, 6) is -0.416. The molecule has 3 amide bonds. The molecule has 0 aliphatic rings. The zero-order valence-electron chi connectivity index (χ0n) is 16.5. The Morgan fingerprint density at radius 3 is 2.45 bits per heavy atom. The van der Waals surface area contributed by atoms with Gasteiger partial charge in [0.25, 0.3) is 0 Å². The minimum absolute atomic E-state index is 0.00312. The zero-order valence-corrected chi connectivity index (χ0v) is 16.5. The van der Waals surface area contributed by atoms with Gasteiger partial charge in [-0.3, -0.25) is 14.4 Å². The third kappa shape index (κ3) is 8.52. The molecule has 0 unspecified atom stereocenters. The minimum Gasteiger partial charge on any atom is -0.383 e. The highest BCUT2D eigenvalue weighted by Gasteiger charge is 2.18. The van der Waals surface area contributed by atoms with Gasteiger partial charge in [0.15, 0.2) is 0 Å². The van der Waals surface area contributed by atoms with E-state index in [1.807, 2.05) is 30.3 Å². The van der Waals surface area contributed by atoms with Crippen LogP contribution in [0.25, 0.3) is 0 Å². The summed E-state index contributed by atoms with van der Waals surface area (Å²) in [6.45, 7) is 0.972. The lowest BCUT2D eigenvalue weighted by Crippen LogP contribution is -2.41. The second-order valence-corrected chi connectivity index (χ2v) is 6.34. The number of methoxy groups -OCH3 is 1. The highest BCUT2D eigenvalue weighted by atomic mass is 16.5. The van der Waals surface area contributed by atoms with Crippen LogP contribution in [-0.2, 0) is 25.7 Å². The van der Waals surface area contributed by atoms with Gasteiger partial charge in [0, 0.05) is 39.2 Å². The van der Waals surface area contributed by atoms with E-state index in [0.717, 1.165) is 5.56 Å². The Labute approximate surface area is 170 Å². The quantitative estimate of drug-likeness (QED) is 0.560. The lowest BCUT2D eigenvalue weighted by atomic mass is 10.2. The molecule has 0 radical (unpaired) electrons. The van der Waals surface area contributed by atoms with E-state index in [1.54, 1.807) is 31.5 Å². The number of carbonyl (C=O) groups is 3. The first-order valence-electron chi connectivity index (χ1n) is 9.36. The van der Waals surface area contributed by atoms with Crippen LogP contribution in [0.3, 0.4) is 0 Å². The van der Waals surface area contributed by atoms with Gasteiger partial charge in [-0.15, -0.1) is 0 Å². The summed E-state index contributed by atoms with van der Waals surface area (Å²) >= 11 is 0. The largest absolute Gasteiger partial charge is 0.383 e. The molecule has 1 aromatic heterocycles. The van der Waals surface area contributed by atoms with E-state index in [-0.39, 0.29) is 37.1 Å². The molecule has 1 heterocycles. The van der Waals surface area contributed by atoms with Crippen LogP contribution in [0.5, 0.6) is 0 Å². The average Bonchev–Trinajstić information content (AvgIpc) is 2.73. The molecule has 2 rings (SSSR count). The van der Waals surface area contributed by atoms with Crippen molar-refractivity contribution in [3.05, 3.63) is 60.3 Å². The van der Waals surface area contributed by atoms with Crippen molar-refractivity contribution in [3.63, 3.8) is 0 Å². The molecule has 0 fully saturated rings. The number of nitrogens with one attached hydrogen (secondary N) is 2. The van der Waals surface area contributed by atoms with E-state index in [0.29, 0.717) is 25.5 Å². The number of carbonyl (C=O) groups excluding carboxylic acids is 3. The van der Waals surface area contributed by atoms with E-state index in [4.69, 9.17) is 4.74 Å². The minimum atomic E-state index is -0.304. The summed E-state index contributed by atoms with van der Waals surface area (Å²) in [7, 11) is 1.55. The number of ether oxygens (including phenoxy) is 1. The van der Waals surface area contributed by atoms with Gasteiger partial charge >= 0.3 is 0 Å². The number of rotatable bonds is 11. The maximum Gasteiger partial charge on any atom is 0.239 e. The van der Waals surface area contributed by atoms with E-state index < -0.39 is 0 Å². The predicted molar refractivity (Wildman–Crippen MR) is 109 cm³/mol. The Morgan fingerprint density at radius 2 is 1.76 bits per heavy atom. The maximum absolute atomic E-state index is 12.7. The van der Waals surface area contributed by atoms with Crippen LogP contribution < -0.4 is 10.6 Å². The summed E-state index contributed by atoms with van der Waals surface area (Å²) < 4.78 is 4.91. The molecule has 29 heavy (non-hydrogen) atoms. The number of pyridine rings is 1. The van der Waals surface area contributed by atoms with Gasteiger partial charge in [-0.1, -0.05) is 36.4 Å². The van der Waals surface area contributed by atoms with Gasteiger partial charge in [0.1, 0.15) is 5.82 Å². The van der Waals surface area contributed by atoms with Crippen molar-refractivity contribution < 1.29 is 19.1 Å². The second-order valence-electron chi connectivity index (χ2n) is 6.34. The third-order valence-corrected chi connectivity index (χ3v) is 4.03. The molecule has 0 saturated heterocycles. The van der Waals surface area contributed by atoms with Gasteiger partial charge in [-0.25, -0.2) is 4.98 Å². The van der Waals surface area contributed by atoms with Crippen molar-refractivity contribution in [1.29, 1.82) is 0 Å². The van der Waals surface area contributed by atoms with Gasteiger partial charge in [-0.05, 0) is 17.7 Å². The molecule has 0 atom stereocenters. The molecule has 0 bridgehead atoms. The van der Waals surface area contributed by atoms with Crippen LogP contribution in [0.15, 0.2) is 54.7 Å². The fourth-order valence-electron chi connectivity index (χ4n) is 2.58. The molecule has 0 aliphatic carbocycles. The summed E-state index contributed by atoms with van der Waals surface area (Å²) in [6.07, 6.45) is 1.58. The first-order chi connectivity index (χ1) is 14.1. The standard InChI is InChI=1S/C21H26N4O4/c1-29-14-13-23-20(27)16-25(15-17-7-3-2-4-8-17)21(28)11-10-19(26)24-18-9-5-6-12-22-18/h2-9,12H,10-11,13-16H2,1H3,(H,23,27)(H,22,24,26). The van der Waals surface area contributed by atoms with Crippen LogP contribution in [-0.4, -0.2) is 54.4 Å². The van der Waals surface area contributed by atoms with Gasteiger partial charge in [-0.2, -0.15) is 0 Å². The van der Waals surface area contributed by atoms with Crippen LogP contribution in [0.4, 0.5) is 5.82 Å². The molecule has 1 aromatic carbocycles. The lowest BCUT2D eigenvalue weighted by molar-refractivity contribution is -0.137. The zero-order chi connectivity index (χ0) is 20.9. The topological polar surface area (TPSA) is 101 Å². The first kappa shape index (κ1) is 22.0. The molecule has 2 aromatic rings. The average molecular weight is 398 g/mol. The van der Waals surface area contributed by atoms with E-state index in [2.05, 4.69) is 15.6 Å². The third-order valence-electron chi connectivity index (χ3n) is 4.03. The first-order valence-corrected chi connectivity index (χ1v) is 9.36. The summed E-state index contributed by atoms with van der Waals surface area (Å²) in [6, 6.07) is 14.6. The van der Waals surface area contributed by atoms with E-state index in [1.165, 1.54) is 4.90 Å². The molecule has 0 saturated carbocycles. The van der Waals surface area contributed by atoms with Crippen molar-refractivity contribution in [1.82, 2.24) is 15.2 Å². The molecule has 8 heteroatoms. The van der Waals surface area contributed by atoms with Crippen LogP contribution in [0, 0.1) is 0 Å². The molecule has 0 aliphatic heterocycles. The summed E-state index contributed by atoms with van der Waals surface area (Å²) in [5.41, 5.74) is 0.906. The smallest absolute Gasteiger partial charge is 0.239 e. The van der Waals surface area contributed by atoms with Gasteiger partial charge in [0.05, 0.1) is 13.2 Å². The van der Waals surface area contributed by atoms with Gasteiger partial charge in [0.2, 0.25) is 17.7 Å². The highest BCUT2D eigenvalue weighted by Crippen LogP contribution is 2.08. The molecule has 8 nitrogen and oxygen atoms in total. The normalized spacial score (nSPS) is 10.2. The molecular formula is C21H26N4O4. The molecule has 0 spiro atoms. The molecular weight excluding hydrogens is 372 g/mol. The van der Waals surface area contributed by atoms with Crippen molar-refractivity contribution in [2.24, 2.45) is 0 Å². The number of aromatic nitrogens is 1. The number of nitrogens with zero attached hydrogens (tertiary/aromatic N) is 2. The monoisotopic (exact) mass is 398 g/mol. The number of anilines is 1. The molecule has 2 N–H and O–H groups in total. The summed E-state index contributed by atoms with van der Waals surface area (Å²) in [4.78, 5) is 42.4. The Balaban J connectivity index is 1.92. The SMILES string of the molecule is COCCNC(=O)CN(Cc1ccccc1)C(=O)CCC(=O)Nc1ccccn1. The predicted octanol–water partition coefficient (Wildman–Crippen LogP) is 1.59. The Bertz CT molecular complexity index is 784. The second kappa shape index (κ2) is 12.2.